The lowest BCUT2D eigenvalue weighted by molar-refractivity contribution is -0.0352. The van der Waals surface area contributed by atoms with E-state index in [1.807, 2.05) is 4.90 Å². The number of amides is 3. The summed E-state index contributed by atoms with van der Waals surface area (Å²) in [6.07, 6.45) is 3.88. The molecule has 5 rings (SSSR count). The Labute approximate surface area is 195 Å². The SMILES string of the molecule is O=C(c1ccc(F)cc1)N1CCC(O)(CN2N=CC3=CN(c4ccc(F)cc4)CN3C2=O)CC1. The number of nitrogens with zero attached hydrogens (tertiary/aromatic N) is 5. The number of fused-ring (bicyclic) bond motifs is 1. The van der Waals surface area contributed by atoms with Crippen molar-refractivity contribution in [3.05, 3.63) is 77.6 Å². The molecule has 3 heterocycles. The van der Waals surface area contributed by atoms with Gasteiger partial charge in [0.25, 0.3) is 5.91 Å². The van der Waals surface area contributed by atoms with E-state index < -0.39 is 11.4 Å². The van der Waals surface area contributed by atoms with Crippen LogP contribution in [0.3, 0.4) is 0 Å². The van der Waals surface area contributed by atoms with Crippen LogP contribution >= 0.6 is 0 Å². The Morgan fingerprint density at radius 1 is 1.00 bits per heavy atom. The van der Waals surface area contributed by atoms with Gasteiger partial charge in [0.15, 0.2) is 0 Å². The quantitative estimate of drug-likeness (QED) is 0.750. The summed E-state index contributed by atoms with van der Waals surface area (Å²) in [4.78, 5) is 30.7. The van der Waals surface area contributed by atoms with Gasteiger partial charge in [-0.15, -0.1) is 0 Å². The zero-order valence-corrected chi connectivity index (χ0v) is 18.3. The molecule has 0 saturated carbocycles. The van der Waals surface area contributed by atoms with Crippen LogP contribution < -0.4 is 4.90 Å². The van der Waals surface area contributed by atoms with Crippen LogP contribution in [0.5, 0.6) is 0 Å². The van der Waals surface area contributed by atoms with E-state index in [0.29, 0.717) is 24.4 Å². The molecule has 3 aliphatic heterocycles. The van der Waals surface area contributed by atoms with Crippen molar-refractivity contribution in [2.24, 2.45) is 5.10 Å². The summed E-state index contributed by atoms with van der Waals surface area (Å²) in [5.74, 6) is -0.967. The molecule has 34 heavy (non-hydrogen) atoms. The number of halogens is 2. The summed E-state index contributed by atoms with van der Waals surface area (Å²) in [6, 6.07) is 11.0. The van der Waals surface area contributed by atoms with Crippen LogP contribution in [0, 0.1) is 11.6 Å². The first kappa shape index (κ1) is 22.0. The van der Waals surface area contributed by atoms with Crippen molar-refractivity contribution in [1.29, 1.82) is 0 Å². The third-order valence-electron chi connectivity index (χ3n) is 6.35. The fourth-order valence-electron chi connectivity index (χ4n) is 4.33. The number of piperidine rings is 1. The second-order valence-electron chi connectivity index (χ2n) is 8.68. The molecule has 0 bridgehead atoms. The third kappa shape index (κ3) is 4.24. The van der Waals surface area contributed by atoms with Gasteiger partial charge in [-0.25, -0.2) is 18.6 Å². The molecule has 2 aromatic rings. The number of hydrogen-bond acceptors (Lipinski definition) is 5. The van der Waals surface area contributed by atoms with Crippen molar-refractivity contribution in [3.63, 3.8) is 0 Å². The Balaban J connectivity index is 1.20. The van der Waals surface area contributed by atoms with E-state index in [2.05, 4.69) is 5.10 Å². The van der Waals surface area contributed by atoms with E-state index in [4.69, 9.17) is 0 Å². The number of β-amino-alcohol motifs (C(OH)–C–C–N with tert-alkyl or cyclic N) is 1. The highest BCUT2D eigenvalue weighted by Gasteiger charge is 2.40. The Hall–Kier alpha value is -3.79. The Kier molecular flexibility index (Phi) is 5.52. The molecule has 0 atom stereocenters. The van der Waals surface area contributed by atoms with Gasteiger partial charge in [0, 0.05) is 30.5 Å². The molecule has 3 amide bonds. The van der Waals surface area contributed by atoms with Gasteiger partial charge in [-0.3, -0.25) is 9.69 Å². The molecule has 2 aromatic carbocycles. The molecule has 0 spiro atoms. The average molecular weight is 467 g/mol. The maximum atomic E-state index is 13.2. The lowest BCUT2D eigenvalue weighted by Gasteiger charge is -2.41. The van der Waals surface area contributed by atoms with Crippen LogP contribution in [0.1, 0.15) is 23.2 Å². The van der Waals surface area contributed by atoms with Crippen molar-refractivity contribution in [2.45, 2.75) is 18.4 Å². The number of hydrogen-bond donors (Lipinski definition) is 1. The molecule has 1 fully saturated rings. The number of urea groups is 1. The Morgan fingerprint density at radius 2 is 1.62 bits per heavy atom. The van der Waals surface area contributed by atoms with E-state index >= 15 is 0 Å². The summed E-state index contributed by atoms with van der Waals surface area (Å²) in [7, 11) is 0. The number of aliphatic hydroxyl groups is 1. The normalized spacial score (nSPS) is 19.4. The number of carbonyl (C=O) groups is 2. The van der Waals surface area contributed by atoms with Gasteiger partial charge >= 0.3 is 6.03 Å². The summed E-state index contributed by atoms with van der Waals surface area (Å²) in [6.45, 7) is 0.874. The molecule has 8 nitrogen and oxygen atoms in total. The summed E-state index contributed by atoms with van der Waals surface area (Å²) in [5, 5.41) is 16.6. The molecular weight excluding hydrogens is 444 g/mol. The van der Waals surface area contributed by atoms with Gasteiger partial charge in [-0.05, 0) is 61.4 Å². The fourth-order valence-corrected chi connectivity index (χ4v) is 4.33. The van der Waals surface area contributed by atoms with Crippen LogP contribution in [0.25, 0.3) is 0 Å². The monoisotopic (exact) mass is 467 g/mol. The number of rotatable bonds is 4. The van der Waals surface area contributed by atoms with Crippen molar-refractivity contribution < 1.29 is 23.5 Å². The Bertz CT molecular complexity index is 1160. The molecule has 0 unspecified atom stereocenters. The minimum Gasteiger partial charge on any atom is -0.388 e. The topological polar surface area (TPSA) is 79.7 Å². The molecule has 0 radical (unpaired) electrons. The van der Waals surface area contributed by atoms with Gasteiger partial charge in [0.2, 0.25) is 0 Å². The number of benzene rings is 2. The van der Waals surface area contributed by atoms with E-state index in [-0.39, 0.29) is 43.8 Å². The van der Waals surface area contributed by atoms with Crippen LogP contribution in [0.2, 0.25) is 0 Å². The lowest BCUT2D eigenvalue weighted by atomic mass is 9.90. The summed E-state index contributed by atoms with van der Waals surface area (Å²) < 4.78 is 26.4. The van der Waals surface area contributed by atoms with Gasteiger partial charge in [-0.2, -0.15) is 5.10 Å². The van der Waals surface area contributed by atoms with E-state index in [1.165, 1.54) is 46.3 Å². The highest BCUT2D eigenvalue weighted by molar-refractivity contribution is 5.94. The number of allylic oxidation sites excluding steroid dienone is 1. The van der Waals surface area contributed by atoms with Crippen molar-refractivity contribution in [2.75, 3.05) is 31.2 Å². The lowest BCUT2D eigenvalue weighted by Crippen LogP contribution is -2.54. The highest BCUT2D eigenvalue weighted by Crippen LogP contribution is 2.29. The Morgan fingerprint density at radius 3 is 2.26 bits per heavy atom. The smallest absolute Gasteiger partial charge is 0.346 e. The van der Waals surface area contributed by atoms with Gasteiger partial charge in [0.1, 0.15) is 18.3 Å². The predicted molar refractivity (Wildman–Crippen MR) is 121 cm³/mol. The van der Waals surface area contributed by atoms with Gasteiger partial charge in [0.05, 0.1) is 24.1 Å². The van der Waals surface area contributed by atoms with Crippen LogP contribution in [0.15, 0.2) is 65.5 Å². The molecule has 10 heteroatoms. The highest BCUT2D eigenvalue weighted by atomic mass is 19.1. The molecular formula is C24H23F2N5O3. The van der Waals surface area contributed by atoms with Gasteiger partial charge in [-0.1, -0.05) is 0 Å². The molecule has 0 aromatic heterocycles. The molecule has 176 valence electrons. The zero-order chi connectivity index (χ0) is 23.9. The number of likely N-dealkylation sites (tertiary alicyclic amines) is 1. The predicted octanol–water partition coefficient (Wildman–Crippen LogP) is 2.97. The first-order valence-corrected chi connectivity index (χ1v) is 11.0. The molecule has 0 aliphatic carbocycles. The van der Waals surface area contributed by atoms with Gasteiger partial charge < -0.3 is 14.9 Å². The standard InChI is InChI=1S/C24H23F2N5O3/c25-18-3-1-17(2-4-18)22(32)28-11-9-24(34,10-12-28)15-31-23(33)30-16-29(14-21(30)13-27-31)20-7-5-19(26)6-8-20/h1-8,13-14,34H,9-12,15-16H2. The first-order valence-electron chi connectivity index (χ1n) is 11.0. The summed E-state index contributed by atoms with van der Waals surface area (Å²) >= 11 is 0. The molecule has 1 N–H and O–H groups in total. The largest absolute Gasteiger partial charge is 0.388 e. The second-order valence-corrected chi connectivity index (χ2v) is 8.68. The molecule has 1 saturated heterocycles. The number of carbonyl (C=O) groups excluding carboxylic acids is 2. The number of hydrazone groups is 1. The maximum Gasteiger partial charge on any atom is 0.346 e. The second kappa shape index (κ2) is 8.53. The van der Waals surface area contributed by atoms with Crippen LogP contribution in [-0.4, -0.2) is 70.0 Å². The third-order valence-corrected chi connectivity index (χ3v) is 6.35. The van der Waals surface area contributed by atoms with Crippen molar-refractivity contribution in [3.8, 4) is 0 Å². The minimum atomic E-state index is -1.19. The average Bonchev–Trinajstić information content (AvgIpc) is 3.27. The van der Waals surface area contributed by atoms with E-state index in [0.717, 1.165) is 5.69 Å². The molecule has 3 aliphatic rings. The summed E-state index contributed by atoms with van der Waals surface area (Å²) in [5.41, 5.74) is 0.552. The van der Waals surface area contributed by atoms with E-state index in [1.54, 1.807) is 29.4 Å². The van der Waals surface area contributed by atoms with Crippen LogP contribution in [-0.2, 0) is 0 Å². The number of anilines is 1. The van der Waals surface area contributed by atoms with Crippen molar-refractivity contribution >= 4 is 23.8 Å². The maximum absolute atomic E-state index is 13.2. The fraction of sp³-hybridized carbons (Fsp3) is 0.292. The minimum absolute atomic E-state index is 0.00123. The van der Waals surface area contributed by atoms with Crippen molar-refractivity contribution in [1.82, 2.24) is 14.8 Å². The van der Waals surface area contributed by atoms with Crippen LogP contribution in [0.4, 0.5) is 19.3 Å². The van der Waals surface area contributed by atoms with E-state index in [9.17, 15) is 23.5 Å². The zero-order valence-electron chi connectivity index (χ0n) is 18.3. The first-order chi connectivity index (χ1) is 16.3.